The van der Waals surface area contributed by atoms with Crippen LogP contribution in [0.4, 0.5) is 0 Å². The van der Waals surface area contributed by atoms with Gasteiger partial charge in [0.1, 0.15) is 0 Å². The smallest absolute Gasteiger partial charge is 0.251 e. The number of likely N-dealkylation sites (N-methyl/N-ethyl adjacent to an activating group) is 1. The normalized spacial score (nSPS) is 22.3. The lowest BCUT2D eigenvalue weighted by Crippen LogP contribution is -2.47. The van der Waals surface area contributed by atoms with Crippen LogP contribution >= 0.6 is 0 Å². The van der Waals surface area contributed by atoms with Gasteiger partial charge >= 0.3 is 0 Å². The molecule has 0 bridgehead atoms. The molecule has 0 unspecified atom stereocenters. The molecule has 2 fully saturated rings. The molecule has 3 N–H and O–H groups in total. The average Bonchev–Trinajstić information content (AvgIpc) is 3.01. The van der Waals surface area contributed by atoms with Gasteiger partial charge in [0.2, 0.25) is 17.7 Å². The fourth-order valence-electron chi connectivity index (χ4n) is 6.28. The Balaban J connectivity index is 1.31. The molecule has 0 saturated carbocycles. The Labute approximate surface area is 272 Å². The Kier molecular flexibility index (Phi) is 12.7. The van der Waals surface area contributed by atoms with Gasteiger partial charge in [-0.2, -0.15) is 0 Å². The standard InChI is InChI=1S/C34H47N5O6S/c1-38-24-32(41)37-29(10-6-7-17-36-34(43)26-8-4-3-5-9-26)21-31(40)35-18-15-28-23-39(19-16-27(28)20-33(38)42)22-25-11-13-30(14-12-25)46(2,44)45/h3-5,8-9,11-14,27-29H,6-7,10,15-24H2,1-2H3,(H,35,40)(H,36,43)(H,37,41)/t27-,28-,29-/m0/s1. The molecule has 2 aromatic carbocycles. The van der Waals surface area contributed by atoms with Crippen molar-refractivity contribution in [2.45, 2.75) is 62.4 Å². The van der Waals surface area contributed by atoms with E-state index in [1.54, 1.807) is 31.3 Å². The molecule has 0 aromatic heterocycles. The number of rotatable bonds is 9. The summed E-state index contributed by atoms with van der Waals surface area (Å²) in [6.45, 7) is 3.13. The minimum atomic E-state index is -3.26. The number of hydrogen-bond acceptors (Lipinski definition) is 7. The van der Waals surface area contributed by atoms with Crippen LogP contribution in [0.2, 0.25) is 0 Å². The SMILES string of the molecule is CN1CC(=O)N[C@@H](CCCCNC(=O)c2ccccc2)CC(=O)NCC[C@H]2CN(Cc3ccc(S(C)(=O)=O)cc3)CC[C@H]2CC1=O. The predicted molar refractivity (Wildman–Crippen MR) is 175 cm³/mol. The average molecular weight is 654 g/mol. The second-order valence-electron chi connectivity index (χ2n) is 12.6. The van der Waals surface area contributed by atoms with Crippen molar-refractivity contribution in [1.82, 2.24) is 25.8 Å². The zero-order valence-electron chi connectivity index (χ0n) is 26.9. The molecule has 2 aliphatic rings. The van der Waals surface area contributed by atoms with Crippen LogP contribution in [0.5, 0.6) is 0 Å². The summed E-state index contributed by atoms with van der Waals surface area (Å²) in [6.07, 6.45) is 5.21. The van der Waals surface area contributed by atoms with E-state index in [9.17, 15) is 27.6 Å². The number of nitrogens with one attached hydrogen (secondary N) is 3. The highest BCUT2D eigenvalue weighted by atomic mass is 32.2. The third kappa shape index (κ3) is 10.9. The molecule has 250 valence electrons. The summed E-state index contributed by atoms with van der Waals surface area (Å²) in [5, 5.41) is 8.89. The highest BCUT2D eigenvalue weighted by Crippen LogP contribution is 2.30. The Morgan fingerprint density at radius 2 is 1.67 bits per heavy atom. The van der Waals surface area contributed by atoms with E-state index < -0.39 is 9.84 Å². The number of hydrogen-bond donors (Lipinski definition) is 3. The van der Waals surface area contributed by atoms with Crippen LogP contribution < -0.4 is 16.0 Å². The van der Waals surface area contributed by atoms with Gasteiger partial charge in [-0.05, 0) is 80.3 Å². The molecule has 11 nitrogen and oxygen atoms in total. The Bertz CT molecular complexity index is 1450. The molecular formula is C34H47N5O6S. The topological polar surface area (TPSA) is 145 Å². The molecule has 4 amide bonds. The first-order chi connectivity index (χ1) is 22.0. The number of amides is 4. The molecule has 0 spiro atoms. The van der Waals surface area contributed by atoms with E-state index in [1.807, 2.05) is 30.3 Å². The first kappa shape index (κ1) is 35.1. The van der Waals surface area contributed by atoms with E-state index >= 15 is 0 Å². The van der Waals surface area contributed by atoms with Crippen LogP contribution in [-0.2, 0) is 30.8 Å². The van der Waals surface area contributed by atoms with Crippen LogP contribution in [0, 0.1) is 11.8 Å². The van der Waals surface area contributed by atoms with Gasteiger partial charge in [0, 0.05) is 63.9 Å². The Hall–Kier alpha value is -3.77. The number of piperidine rings is 1. The van der Waals surface area contributed by atoms with Crippen molar-refractivity contribution in [3.05, 3.63) is 65.7 Å². The van der Waals surface area contributed by atoms with Gasteiger partial charge in [0.15, 0.2) is 9.84 Å². The van der Waals surface area contributed by atoms with E-state index in [0.717, 1.165) is 31.5 Å². The van der Waals surface area contributed by atoms with Crippen LogP contribution in [0.25, 0.3) is 0 Å². The fourth-order valence-corrected chi connectivity index (χ4v) is 6.91. The van der Waals surface area contributed by atoms with E-state index in [0.29, 0.717) is 55.8 Å². The van der Waals surface area contributed by atoms with Crippen molar-refractivity contribution in [1.29, 1.82) is 0 Å². The summed E-state index contributed by atoms with van der Waals surface area (Å²) >= 11 is 0. The maximum Gasteiger partial charge on any atom is 0.251 e. The van der Waals surface area contributed by atoms with Gasteiger partial charge < -0.3 is 20.9 Å². The number of carbonyl (C=O) groups is 4. The maximum atomic E-state index is 13.2. The predicted octanol–water partition coefficient (Wildman–Crippen LogP) is 2.37. The molecule has 3 atom stereocenters. The highest BCUT2D eigenvalue weighted by molar-refractivity contribution is 7.90. The molecule has 2 saturated heterocycles. The van der Waals surface area contributed by atoms with Crippen molar-refractivity contribution < 1.29 is 27.6 Å². The first-order valence-corrected chi connectivity index (χ1v) is 18.0. The molecule has 4 rings (SSSR count). The van der Waals surface area contributed by atoms with Crippen LogP contribution in [-0.4, -0.2) is 93.9 Å². The summed E-state index contributed by atoms with van der Waals surface area (Å²) in [7, 11) is -1.61. The molecule has 2 aromatic rings. The van der Waals surface area contributed by atoms with Gasteiger partial charge in [0.25, 0.3) is 5.91 Å². The molecule has 0 aliphatic carbocycles. The van der Waals surface area contributed by atoms with E-state index in [4.69, 9.17) is 0 Å². The number of sulfone groups is 1. The van der Waals surface area contributed by atoms with Gasteiger partial charge in [0.05, 0.1) is 11.4 Å². The van der Waals surface area contributed by atoms with Crippen molar-refractivity contribution in [2.75, 3.05) is 46.0 Å². The number of benzene rings is 2. The van der Waals surface area contributed by atoms with Crippen molar-refractivity contribution >= 4 is 33.5 Å². The van der Waals surface area contributed by atoms with Crippen molar-refractivity contribution in [2.24, 2.45) is 11.8 Å². The zero-order chi connectivity index (χ0) is 33.1. The van der Waals surface area contributed by atoms with Crippen molar-refractivity contribution in [3.8, 4) is 0 Å². The Morgan fingerprint density at radius 3 is 2.39 bits per heavy atom. The molecular weight excluding hydrogens is 606 g/mol. The maximum absolute atomic E-state index is 13.2. The van der Waals surface area contributed by atoms with E-state index in [1.165, 1.54) is 11.2 Å². The largest absolute Gasteiger partial charge is 0.356 e. The summed E-state index contributed by atoms with van der Waals surface area (Å²) in [6, 6.07) is 15.6. The lowest BCUT2D eigenvalue weighted by atomic mass is 9.80. The van der Waals surface area contributed by atoms with Crippen LogP contribution in [0.15, 0.2) is 59.5 Å². The quantitative estimate of drug-likeness (QED) is 0.353. The number of carbonyl (C=O) groups excluding carboxylic acids is 4. The third-order valence-corrected chi connectivity index (χ3v) is 10.0. The summed E-state index contributed by atoms with van der Waals surface area (Å²) < 4.78 is 23.7. The second kappa shape index (κ2) is 16.7. The minimum absolute atomic E-state index is 0.0678. The first-order valence-electron chi connectivity index (χ1n) is 16.1. The third-order valence-electron chi connectivity index (χ3n) is 8.91. The number of fused-ring (bicyclic) bond motifs is 1. The fraction of sp³-hybridized carbons (Fsp3) is 0.529. The monoisotopic (exact) mass is 653 g/mol. The molecule has 2 heterocycles. The molecule has 46 heavy (non-hydrogen) atoms. The second-order valence-corrected chi connectivity index (χ2v) is 14.7. The van der Waals surface area contributed by atoms with E-state index in [2.05, 4.69) is 20.9 Å². The van der Waals surface area contributed by atoms with Crippen molar-refractivity contribution in [3.63, 3.8) is 0 Å². The summed E-state index contributed by atoms with van der Waals surface area (Å²) in [5.41, 5.74) is 1.62. The number of likely N-dealkylation sites (tertiary alicyclic amines) is 1. The molecule has 2 aliphatic heterocycles. The van der Waals surface area contributed by atoms with Gasteiger partial charge in [-0.1, -0.05) is 30.3 Å². The van der Waals surface area contributed by atoms with Crippen LogP contribution in [0.3, 0.4) is 0 Å². The Morgan fingerprint density at radius 1 is 0.935 bits per heavy atom. The summed E-state index contributed by atoms with van der Waals surface area (Å²) in [4.78, 5) is 55.4. The van der Waals surface area contributed by atoms with Gasteiger partial charge in [-0.15, -0.1) is 0 Å². The minimum Gasteiger partial charge on any atom is -0.356 e. The number of nitrogens with zero attached hydrogens (tertiary/aromatic N) is 2. The molecule has 0 radical (unpaired) electrons. The van der Waals surface area contributed by atoms with E-state index in [-0.39, 0.29) is 54.5 Å². The van der Waals surface area contributed by atoms with Gasteiger partial charge in [-0.25, -0.2) is 8.42 Å². The highest BCUT2D eigenvalue weighted by Gasteiger charge is 2.32. The molecule has 12 heteroatoms. The van der Waals surface area contributed by atoms with Crippen LogP contribution in [0.1, 0.15) is 60.9 Å². The number of unbranched alkanes of at least 4 members (excludes halogenated alkanes) is 1. The zero-order valence-corrected chi connectivity index (χ0v) is 27.7. The lowest BCUT2D eigenvalue weighted by molar-refractivity contribution is -0.136. The summed E-state index contributed by atoms with van der Waals surface area (Å²) in [5.74, 6) is -0.305. The lowest BCUT2D eigenvalue weighted by Gasteiger charge is -2.39. The van der Waals surface area contributed by atoms with Gasteiger partial charge in [-0.3, -0.25) is 24.1 Å².